The molecule has 1 fully saturated rings. The molecule has 0 saturated carbocycles. The first-order valence-electron chi connectivity index (χ1n) is 10.5. The second-order valence-electron chi connectivity index (χ2n) is 7.66. The lowest BCUT2D eigenvalue weighted by atomic mass is 9.87. The van der Waals surface area contributed by atoms with E-state index in [1.54, 1.807) is 43.4 Å². The Morgan fingerprint density at radius 1 is 1.10 bits per heavy atom. The van der Waals surface area contributed by atoms with Crippen LogP contribution in [0.5, 0.6) is 11.5 Å². The number of carbonyl (C=O) groups excluding carboxylic acids is 2. The summed E-state index contributed by atoms with van der Waals surface area (Å²) in [5.41, 5.74) is 1.41. The summed E-state index contributed by atoms with van der Waals surface area (Å²) in [5, 5.41) is 3.61. The van der Waals surface area contributed by atoms with E-state index < -0.39 is 0 Å². The van der Waals surface area contributed by atoms with Gasteiger partial charge in [0.15, 0.2) is 11.5 Å². The van der Waals surface area contributed by atoms with Crippen LogP contribution in [-0.2, 0) is 4.79 Å². The lowest BCUT2D eigenvalue weighted by molar-refractivity contribution is -0.124. The standard InChI is InChI=1S/C24H29ClN2O4/c1-4-5-13-26-23(28)20-15-27(24(29)16-9-11-17(25)12-10-16)14-19(20)18-7-6-8-21(30-2)22(18)31-3/h6-12,19-20H,4-5,13-15H2,1-3H3,(H,26,28)/t19-,20+/m0/s1. The minimum atomic E-state index is -0.380. The number of nitrogens with one attached hydrogen (secondary N) is 1. The van der Waals surface area contributed by atoms with Crippen LogP contribution in [0.3, 0.4) is 0 Å². The van der Waals surface area contributed by atoms with Crippen LogP contribution in [0.1, 0.15) is 41.6 Å². The monoisotopic (exact) mass is 444 g/mol. The van der Waals surface area contributed by atoms with Gasteiger partial charge in [0.05, 0.1) is 20.1 Å². The van der Waals surface area contributed by atoms with Crippen molar-refractivity contribution in [1.82, 2.24) is 10.2 Å². The summed E-state index contributed by atoms with van der Waals surface area (Å²) in [6.45, 7) is 3.46. The fraction of sp³-hybridized carbons (Fsp3) is 0.417. The van der Waals surface area contributed by atoms with E-state index in [2.05, 4.69) is 12.2 Å². The molecule has 3 rings (SSSR count). The highest BCUT2D eigenvalue weighted by atomic mass is 35.5. The molecule has 0 radical (unpaired) electrons. The van der Waals surface area contributed by atoms with Gasteiger partial charge in [-0.05, 0) is 36.8 Å². The van der Waals surface area contributed by atoms with Crippen LogP contribution in [0, 0.1) is 5.92 Å². The quantitative estimate of drug-likeness (QED) is 0.621. The molecule has 7 heteroatoms. The first-order valence-corrected chi connectivity index (χ1v) is 10.9. The van der Waals surface area contributed by atoms with Crippen LogP contribution in [-0.4, -0.2) is 50.6 Å². The minimum absolute atomic E-state index is 0.0465. The normalized spacial score (nSPS) is 18.0. The molecule has 2 aromatic carbocycles. The first kappa shape index (κ1) is 22.9. The molecular weight excluding hydrogens is 416 g/mol. The van der Waals surface area contributed by atoms with E-state index in [1.165, 1.54) is 0 Å². The van der Waals surface area contributed by atoms with E-state index in [-0.39, 0.29) is 23.7 Å². The Morgan fingerprint density at radius 3 is 2.48 bits per heavy atom. The van der Waals surface area contributed by atoms with Crippen molar-refractivity contribution in [2.75, 3.05) is 33.9 Å². The zero-order chi connectivity index (χ0) is 22.4. The molecule has 0 aromatic heterocycles. The Bertz CT molecular complexity index is 916. The number of amides is 2. The Hall–Kier alpha value is -2.73. The molecule has 2 aromatic rings. The van der Waals surface area contributed by atoms with Crippen molar-refractivity contribution in [1.29, 1.82) is 0 Å². The predicted molar refractivity (Wildman–Crippen MR) is 121 cm³/mol. The Morgan fingerprint density at radius 2 is 1.84 bits per heavy atom. The number of methoxy groups -OCH3 is 2. The number of nitrogens with zero attached hydrogens (tertiary/aromatic N) is 1. The summed E-state index contributed by atoms with van der Waals surface area (Å²) in [5.74, 6) is 0.453. The first-order chi connectivity index (χ1) is 15.0. The van der Waals surface area contributed by atoms with E-state index in [4.69, 9.17) is 21.1 Å². The van der Waals surface area contributed by atoms with Crippen molar-refractivity contribution in [2.24, 2.45) is 5.92 Å². The third kappa shape index (κ3) is 5.13. The van der Waals surface area contributed by atoms with Crippen molar-refractivity contribution in [3.8, 4) is 11.5 Å². The van der Waals surface area contributed by atoms with Gasteiger partial charge in [-0.25, -0.2) is 0 Å². The minimum Gasteiger partial charge on any atom is -0.493 e. The molecule has 1 heterocycles. The number of likely N-dealkylation sites (tertiary alicyclic amines) is 1. The topological polar surface area (TPSA) is 67.9 Å². The summed E-state index contributed by atoms with van der Waals surface area (Å²) in [7, 11) is 3.17. The van der Waals surface area contributed by atoms with Gasteiger partial charge in [-0.1, -0.05) is 37.1 Å². The van der Waals surface area contributed by atoms with Crippen LogP contribution in [0.15, 0.2) is 42.5 Å². The van der Waals surface area contributed by atoms with Gasteiger partial charge in [-0.3, -0.25) is 9.59 Å². The van der Waals surface area contributed by atoms with Gasteiger partial charge in [0.1, 0.15) is 0 Å². The molecule has 0 spiro atoms. The second kappa shape index (κ2) is 10.5. The van der Waals surface area contributed by atoms with E-state index in [0.717, 1.165) is 18.4 Å². The van der Waals surface area contributed by atoms with Crippen LogP contribution in [0.2, 0.25) is 5.02 Å². The van der Waals surface area contributed by atoms with Gasteiger partial charge in [0.25, 0.3) is 5.91 Å². The van der Waals surface area contributed by atoms with Gasteiger partial charge in [-0.2, -0.15) is 0 Å². The predicted octanol–water partition coefficient (Wildman–Crippen LogP) is 4.13. The van der Waals surface area contributed by atoms with E-state index in [1.807, 2.05) is 18.2 Å². The highest BCUT2D eigenvalue weighted by Gasteiger charge is 2.42. The number of hydrogen-bond acceptors (Lipinski definition) is 4. The maximum Gasteiger partial charge on any atom is 0.253 e. The maximum absolute atomic E-state index is 13.1. The van der Waals surface area contributed by atoms with Crippen LogP contribution in [0.25, 0.3) is 0 Å². The van der Waals surface area contributed by atoms with Gasteiger partial charge >= 0.3 is 0 Å². The highest BCUT2D eigenvalue weighted by Crippen LogP contribution is 2.42. The Labute approximate surface area is 188 Å². The summed E-state index contributed by atoms with van der Waals surface area (Å²) in [6.07, 6.45) is 1.91. The third-order valence-electron chi connectivity index (χ3n) is 5.70. The molecule has 1 aliphatic heterocycles. The number of halogens is 1. The van der Waals surface area contributed by atoms with Gasteiger partial charge in [-0.15, -0.1) is 0 Å². The molecule has 31 heavy (non-hydrogen) atoms. The van der Waals surface area contributed by atoms with E-state index >= 15 is 0 Å². The van der Waals surface area contributed by atoms with Crippen LogP contribution < -0.4 is 14.8 Å². The molecule has 1 N–H and O–H groups in total. The number of ether oxygens (including phenoxy) is 2. The number of carbonyl (C=O) groups is 2. The maximum atomic E-state index is 13.1. The molecule has 1 saturated heterocycles. The summed E-state index contributed by atoms with van der Waals surface area (Å²) >= 11 is 5.96. The van der Waals surface area contributed by atoms with Gasteiger partial charge in [0, 0.05) is 41.7 Å². The molecule has 6 nitrogen and oxygen atoms in total. The fourth-order valence-electron chi connectivity index (χ4n) is 4.05. The zero-order valence-electron chi connectivity index (χ0n) is 18.2. The highest BCUT2D eigenvalue weighted by molar-refractivity contribution is 6.30. The average molecular weight is 445 g/mol. The third-order valence-corrected chi connectivity index (χ3v) is 5.95. The molecule has 0 aliphatic carbocycles. The fourth-order valence-corrected chi connectivity index (χ4v) is 4.17. The number of hydrogen-bond donors (Lipinski definition) is 1. The smallest absolute Gasteiger partial charge is 0.253 e. The molecule has 1 aliphatic rings. The number of unbranched alkanes of at least 4 members (excludes halogenated alkanes) is 1. The van der Waals surface area contributed by atoms with Crippen LogP contribution >= 0.6 is 11.6 Å². The number of rotatable bonds is 8. The van der Waals surface area contributed by atoms with Crippen molar-refractivity contribution in [2.45, 2.75) is 25.7 Å². The molecule has 0 unspecified atom stereocenters. The van der Waals surface area contributed by atoms with Crippen molar-refractivity contribution >= 4 is 23.4 Å². The molecule has 0 bridgehead atoms. The molecule has 2 atom stereocenters. The number of benzene rings is 2. The van der Waals surface area contributed by atoms with E-state index in [0.29, 0.717) is 41.7 Å². The lowest BCUT2D eigenvalue weighted by Crippen LogP contribution is -2.36. The molecule has 2 amide bonds. The molecule has 166 valence electrons. The average Bonchev–Trinajstić information content (AvgIpc) is 3.24. The van der Waals surface area contributed by atoms with Crippen LogP contribution in [0.4, 0.5) is 0 Å². The SMILES string of the molecule is CCCCNC(=O)[C@@H]1CN(C(=O)c2ccc(Cl)cc2)C[C@H]1c1cccc(OC)c1OC. The molecular formula is C24H29ClN2O4. The largest absolute Gasteiger partial charge is 0.493 e. The van der Waals surface area contributed by atoms with Gasteiger partial charge in [0.2, 0.25) is 5.91 Å². The van der Waals surface area contributed by atoms with E-state index in [9.17, 15) is 9.59 Å². The van der Waals surface area contributed by atoms with Crippen molar-refractivity contribution in [3.63, 3.8) is 0 Å². The summed E-state index contributed by atoms with van der Waals surface area (Å²) < 4.78 is 11.1. The van der Waals surface area contributed by atoms with Gasteiger partial charge < -0.3 is 19.7 Å². The van der Waals surface area contributed by atoms with Crippen molar-refractivity contribution < 1.29 is 19.1 Å². The van der Waals surface area contributed by atoms with Crippen molar-refractivity contribution in [3.05, 3.63) is 58.6 Å². The Balaban J connectivity index is 1.91. The second-order valence-corrected chi connectivity index (χ2v) is 8.09. The Kier molecular flexibility index (Phi) is 7.80. The lowest BCUT2D eigenvalue weighted by Gasteiger charge is -2.21. The number of para-hydroxylation sites is 1. The zero-order valence-corrected chi connectivity index (χ0v) is 18.9. The summed E-state index contributed by atoms with van der Waals surface area (Å²) in [6, 6.07) is 12.5. The summed E-state index contributed by atoms with van der Waals surface area (Å²) in [4.78, 5) is 27.9.